The fourth-order valence-corrected chi connectivity index (χ4v) is 4.70. The number of likely N-dealkylation sites (tertiary alicyclic amines) is 1. The fourth-order valence-electron chi connectivity index (χ4n) is 4.70. The van der Waals surface area contributed by atoms with E-state index in [4.69, 9.17) is 5.73 Å². The van der Waals surface area contributed by atoms with Crippen LogP contribution in [0.4, 0.5) is 0 Å². The minimum absolute atomic E-state index is 0.167. The van der Waals surface area contributed by atoms with E-state index in [-0.39, 0.29) is 5.41 Å². The smallest absolute Gasteiger partial charge is 0.228 e. The second kappa shape index (κ2) is 4.76. The van der Waals surface area contributed by atoms with E-state index >= 15 is 0 Å². The Balaban J connectivity index is 1.67. The van der Waals surface area contributed by atoms with Crippen molar-refractivity contribution in [1.82, 2.24) is 4.90 Å². The van der Waals surface area contributed by atoms with Gasteiger partial charge < -0.3 is 10.6 Å². The molecule has 3 heteroatoms. The normalized spacial score (nSPS) is 35.9. The summed E-state index contributed by atoms with van der Waals surface area (Å²) in [6.45, 7) is 6.22. The maximum absolute atomic E-state index is 12.9. The van der Waals surface area contributed by atoms with Crippen LogP contribution in [0.3, 0.4) is 0 Å². The molecule has 1 amide bonds. The topological polar surface area (TPSA) is 46.3 Å². The van der Waals surface area contributed by atoms with Gasteiger partial charge in [-0.25, -0.2) is 0 Å². The van der Waals surface area contributed by atoms with Crippen molar-refractivity contribution in [2.75, 3.05) is 13.1 Å². The van der Waals surface area contributed by atoms with Gasteiger partial charge in [-0.2, -0.15) is 0 Å². The lowest BCUT2D eigenvalue weighted by molar-refractivity contribution is -0.142. The van der Waals surface area contributed by atoms with Crippen molar-refractivity contribution in [3.63, 3.8) is 0 Å². The van der Waals surface area contributed by atoms with Gasteiger partial charge >= 0.3 is 0 Å². The minimum atomic E-state index is -0.167. The van der Waals surface area contributed by atoms with Crippen LogP contribution in [0.25, 0.3) is 0 Å². The molecule has 0 radical (unpaired) electrons. The first-order valence-electron chi connectivity index (χ1n) is 8.05. The number of nitrogens with zero attached hydrogens (tertiary/aromatic N) is 1. The SMILES string of the molecule is CC(C)(C(=O)N1CC2CCC(N)C2C1)C1CCCC1. The van der Waals surface area contributed by atoms with Gasteiger partial charge in [-0.1, -0.05) is 26.7 Å². The minimum Gasteiger partial charge on any atom is -0.342 e. The van der Waals surface area contributed by atoms with E-state index in [0.717, 1.165) is 19.5 Å². The van der Waals surface area contributed by atoms with Crippen LogP contribution in [-0.2, 0) is 4.79 Å². The molecule has 108 valence electrons. The van der Waals surface area contributed by atoms with Crippen LogP contribution in [0.5, 0.6) is 0 Å². The Morgan fingerprint density at radius 2 is 1.79 bits per heavy atom. The third kappa shape index (κ3) is 2.20. The summed E-state index contributed by atoms with van der Waals surface area (Å²) in [5, 5.41) is 0. The molecule has 0 spiro atoms. The van der Waals surface area contributed by atoms with Crippen molar-refractivity contribution in [2.45, 2.75) is 58.4 Å². The number of carbonyl (C=O) groups excluding carboxylic acids is 1. The molecule has 3 fully saturated rings. The molecule has 0 aromatic rings. The lowest BCUT2D eigenvalue weighted by atomic mass is 9.76. The maximum Gasteiger partial charge on any atom is 0.228 e. The first-order valence-corrected chi connectivity index (χ1v) is 8.05. The molecule has 0 aromatic heterocycles. The molecule has 1 aliphatic heterocycles. The second-order valence-corrected chi connectivity index (χ2v) is 7.58. The van der Waals surface area contributed by atoms with Crippen LogP contribution < -0.4 is 5.73 Å². The zero-order chi connectivity index (χ0) is 13.6. The van der Waals surface area contributed by atoms with Gasteiger partial charge in [0.2, 0.25) is 5.91 Å². The number of amides is 1. The summed E-state index contributed by atoms with van der Waals surface area (Å²) in [6.07, 6.45) is 7.45. The highest BCUT2D eigenvalue weighted by molar-refractivity contribution is 5.82. The molecular formula is C16H28N2O. The highest BCUT2D eigenvalue weighted by atomic mass is 16.2. The third-order valence-corrected chi connectivity index (χ3v) is 6.13. The van der Waals surface area contributed by atoms with Gasteiger partial charge in [0.05, 0.1) is 0 Å². The average Bonchev–Trinajstić information content (AvgIpc) is 3.06. The van der Waals surface area contributed by atoms with E-state index < -0.39 is 0 Å². The van der Waals surface area contributed by atoms with Gasteiger partial charge in [0.25, 0.3) is 0 Å². The molecule has 19 heavy (non-hydrogen) atoms. The number of fused-ring (bicyclic) bond motifs is 1. The van der Waals surface area contributed by atoms with E-state index in [1.54, 1.807) is 0 Å². The third-order valence-electron chi connectivity index (χ3n) is 6.13. The van der Waals surface area contributed by atoms with Crippen LogP contribution in [0.1, 0.15) is 52.4 Å². The summed E-state index contributed by atoms with van der Waals surface area (Å²) in [4.78, 5) is 15.0. The van der Waals surface area contributed by atoms with Gasteiger partial charge in [0.15, 0.2) is 0 Å². The van der Waals surface area contributed by atoms with Crippen molar-refractivity contribution in [1.29, 1.82) is 0 Å². The first-order chi connectivity index (χ1) is 9.00. The van der Waals surface area contributed by atoms with Gasteiger partial charge in [-0.05, 0) is 43.4 Å². The quantitative estimate of drug-likeness (QED) is 0.832. The monoisotopic (exact) mass is 264 g/mol. The lowest BCUT2D eigenvalue weighted by Gasteiger charge is -2.34. The molecule has 3 atom stereocenters. The molecular weight excluding hydrogens is 236 g/mol. The van der Waals surface area contributed by atoms with Gasteiger partial charge in [0.1, 0.15) is 0 Å². The van der Waals surface area contributed by atoms with E-state index in [1.165, 1.54) is 32.1 Å². The number of hydrogen-bond donors (Lipinski definition) is 1. The maximum atomic E-state index is 12.9. The molecule has 3 nitrogen and oxygen atoms in total. The first kappa shape index (κ1) is 13.4. The molecule has 3 unspecified atom stereocenters. The summed E-state index contributed by atoms with van der Waals surface area (Å²) in [6, 6.07) is 0.331. The Labute approximate surface area is 116 Å². The Morgan fingerprint density at radius 3 is 2.42 bits per heavy atom. The van der Waals surface area contributed by atoms with Crippen molar-refractivity contribution in [2.24, 2.45) is 28.9 Å². The highest BCUT2D eigenvalue weighted by Gasteiger charge is 2.47. The van der Waals surface area contributed by atoms with Crippen molar-refractivity contribution >= 4 is 5.91 Å². The molecule has 2 saturated carbocycles. The summed E-state index contributed by atoms with van der Waals surface area (Å²) in [7, 11) is 0. The summed E-state index contributed by atoms with van der Waals surface area (Å²) in [5.74, 6) is 2.23. The molecule has 3 rings (SSSR count). The summed E-state index contributed by atoms with van der Waals surface area (Å²) < 4.78 is 0. The molecule has 0 bridgehead atoms. The van der Waals surface area contributed by atoms with Gasteiger partial charge in [0, 0.05) is 24.5 Å². The Kier molecular flexibility index (Phi) is 3.36. The van der Waals surface area contributed by atoms with Crippen LogP contribution in [-0.4, -0.2) is 29.9 Å². The van der Waals surface area contributed by atoms with Crippen LogP contribution in [0.15, 0.2) is 0 Å². The zero-order valence-electron chi connectivity index (χ0n) is 12.4. The lowest BCUT2D eigenvalue weighted by Crippen LogP contribution is -2.44. The largest absolute Gasteiger partial charge is 0.342 e. The van der Waals surface area contributed by atoms with E-state index in [9.17, 15) is 4.79 Å². The Hall–Kier alpha value is -0.570. The zero-order valence-corrected chi connectivity index (χ0v) is 12.4. The molecule has 2 N–H and O–H groups in total. The van der Waals surface area contributed by atoms with E-state index in [0.29, 0.717) is 29.7 Å². The number of nitrogens with two attached hydrogens (primary N) is 1. The highest BCUT2D eigenvalue weighted by Crippen LogP contribution is 2.43. The standard InChI is InChI=1S/C16H28N2O/c1-16(2,12-5-3-4-6-12)15(19)18-9-11-7-8-14(17)13(11)10-18/h11-14H,3-10,17H2,1-2H3. The van der Waals surface area contributed by atoms with Crippen LogP contribution >= 0.6 is 0 Å². The predicted molar refractivity (Wildman–Crippen MR) is 76.5 cm³/mol. The molecule has 2 aliphatic carbocycles. The predicted octanol–water partition coefficient (Wildman–Crippen LogP) is 2.40. The second-order valence-electron chi connectivity index (χ2n) is 7.58. The van der Waals surface area contributed by atoms with E-state index in [2.05, 4.69) is 18.7 Å². The molecule has 3 aliphatic rings. The van der Waals surface area contributed by atoms with Crippen LogP contribution in [0, 0.1) is 23.2 Å². The molecule has 1 heterocycles. The fraction of sp³-hybridized carbons (Fsp3) is 0.938. The summed E-state index contributed by atoms with van der Waals surface area (Å²) >= 11 is 0. The summed E-state index contributed by atoms with van der Waals surface area (Å²) in [5.41, 5.74) is 6.01. The van der Waals surface area contributed by atoms with Gasteiger partial charge in [-0.3, -0.25) is 4.79 Å². The van der Waals surface area contributed by atoms with E-state index in [1.807, 2.05) is 0 Å². The number of rotatable bonds is 2. The van der Waals surface area contributed by atoms with Crippen molar-refractivity contribution in [3.05, 3.63) is 0 Å². The Morgan fingerprint density at radius 1 is 1.11 bits per heavy atom. The number of hydrogen-bond acceptors (Lipinski definition) is 2. The number of carbonyl (C=O) groups is 1. The van der Waals surface area contributed by atoms with Crippen molar-refractivity contribution in [3.8, 4) is 0 Å². The van der Waals surface area contributed by atoms with Gasteiger partial charge in [-0.15, -0.1) is 0 Å². The average molecular weight is 264 g/mol. The molecule has 0 aromatic carbocycles. The Bertz CT molecular complexity index is 360. The van der Waals surface area contributed by atoms with Crippen LogP contribution in [0.2, 0.25) is 0 Å². The molecule has 1 saturated heterocycles. The van der Waals surface area contributed by atoms with Crippen molar-refractivity contribution < 1.29 is 4.79 Å².